The summed E-state index contributed by atoms with van der Waals surface area (Å²) in [5.74, 6) is 0.582. The molecule has 1 atom stereocenters. The molecule has 0 N–H and O–H groups in total. The molecule has 0 spiro atoms. The van der Waals surface area contributed by atoms with E-state index in [0.717, 1.165) is 24.8 Å². The van der Waals surface area contributed by atoms with E-state index in [1.165, 1.54) is 15.9 Å². The maximum atomic E-state index is 13.9. The zero-order valence-corrected chi connectivity index (χ0v) is 25.5. The number of thiazole rings is 1. The highest BCUT2D eigenvalue weighted by Gasteiger charge is 2.34. The minimum atomic E-state index is -0.776. The number of benzene rings is 2. The monoisotopic (exact) mass is 602 g/mol. The van der Waals surface area contributed by atoms with E-state index in [4.69, 9.17) is 37.4 Å². The number of ether oxygens (including phenoxy) is 3. The number of nitrogens with zero attached hydrogens (tertiary/aromatic N) is 2. The predicted octanol–water partition coefficient (Wildman–Crippen LogP) is 6.07. The summed E-state index contributed by atoms with van der Waals surface area (Å²) in [6.45, 7) is 8.02. The third kappa shape index (κ3) is 6.45. The molecule has 0 saturated carbocycles. The van der Waals surface area contributed by atoms with Crippen LogP contribution in [-0.2, 0) is 9.53 Å². The maximum Gasteiger partial charge on any atom is 0.338 e. The van der Waals surface area contributed by atoms with Crippen LogP contribution in [0.3, 0.4) is 0 Å². The minimum absolute atomic E-state index is 0.291. The molecular formula is C30H32Cl2N2O5S. The number of methoxy groups -OCH3 is 1. The second-order valence-electron chi connectivity index (χ2n) is 9.68. The third-order valence-electron chi connectivity index (χ3n) is 6.33. The summed E-state index contributed by atoms with van der Waals surface area (Å²) < 4.78 is 19.2. The van der Waals surface area contributed by atoms with Crippen LogP contribution < -0.4 is 24.4 Å². The molecule has 0 saturated heterocycles. The van der Waals surface area contributed by atoms with Crippen LogP contribution in [0.1, 0.15) is 64.1 Å². The fourth-order valence-corrected chi connectivity index (χ4v) is 5.79. The molecule has 7 nitrogen and oxygen atoms in total. The van der Waals surface area contributed by atoms with Crippen molar-refractivity contribution >= 4 is 46.6 Å². The first kappa shape index (κ1) is 29.9. The van der Waals surface area contributed by atoms with Gasteiger partial charge in [0, 0.05) is 0 Å². The Kier molecular flexibility index (Phi) is 9.77. The molecule has 0 bridgehead atoms. The highest BCUT2D eigenvalue weighted by molar-refractivity contribution is 7.07. The van der Waals surface area contributed by atoms with Gasteiger partial charge in [0.05, 0.1) is 51.7 Å². The summed E-state index contributed by atoms with van der Waals surface area (Å²) in [5, 5.41) is 0.815. The van der Waals surface area contributed by atoms with Crippen LogP contribution in [0.4, 0.5) is 0 Å². The van der Waals surface area contributed by atoms with Crippen LogP contribution >= 0.6 is 34.5 Å². The number of hydrogen-bond donors (Lipinski definition) is 0. The quantitative estimate of drug-likeness (QED) is 0.208. The minimum Gasteiger partial charge on any atom is -0.493 e. The van der Waals surface area contributed by atoms with Crippen LogP contribution in [0.2, 0.25) is 10.0 Å². The number of rotatable bonds is 10. The molecule has 1 unspecified atom stereocenters. The number of hydrogen-bond acceptors (Lipinski definition) is 7. The van der Waals surface area contributed by atoms with Gasteiger partial charge in [0.2, 0.25) is 0 Å². The molecule has 3 aromatic rings. The lowest BCUT2D eigenvalue weighted by atomic mass is 9.95. The molecule has 40 heavy (non-hydrogen) atoms. The van der Waals surface area contributed by atoms with E-state index < -0.39 is 12.0 Å². The number of fused-ring (bicyclic) bond motifs is 1. The van der Waals surface area contributed by atoms with Crippen molar-refractivity contribution in [3.63, 3.8) is 0 Å². The topological polar surface area (TPSA) is 79.1 Å². The van der Waals surface area contributed by atoms with E-state index in [-0.39, 0.29) is 11.7 Å². The summed E-state index contributed by atoms with van der Waals surface area (Å²) >= 11 is 13.5. The summed E-state index contributed by atoms with van der Waals surface area (Å²) in [6.07, 6.45) is 4.49. The van der Waals surface area contributed by atoms with Crippen molar-refractivity contribution in [3.8, 4) is 11.5 Å². The van der Waals surface area contributed by atoms with Gasteiger partial charge in [0.1, 0.15) is 0 Å². The van der Waals surface area contributed by atoms with Gasteiger partial charge in [0.15, 0.2) is 16.3 Å². The Labute approximate surface area is 247 Å². The average Bonchev–Trinajstić information content (AvgIpc) is 3.21. The van der Waals surface area contributed by atoms with Gasteiger partial charge in [-0.15, -0.1) is 0 Å². The van der Waals surface area contributed by atoms with E-state index in [1.54, 1.807) is 58.2 Å². The van der Waals surface area contributed by atoms with Crippen molar-refractivity contribution in [1.82, 2.24) is 4.57 Å². The normalized spacial score (nSPS) is 15.2. The molecule has 10 heteroatoms. The third-order valence-corrected chi connectivity index (χ3v) is 8.06. The molecule has 1 aliphatic rings. The van der Waals surface area contributed by atoms with Crippen molar-refractivity contribution in [2.45, 2.75) is 59.1 Å². The summed E-state index contributed by atoms with van der Waals surface area (Å²) in [7, 11) is 1.57. The van der Waals surface area contributed by atoms with Crippen LogP contribution in [0.25, 0.3) is 6.08 Å². The Morgan fingerprint density at radius 1 is 1.12 bits per heavy atom. The van der Waals surface area contributed by atoms with E-state index in [2.05, 4.69) is 11.9 Å². The van der Waals surface area contributed by atoms with E-state index >= 15 is 0 Å². The lowest BCUT2D eigenvalue weighted by Gasteiger charge is -2.26. The van der Waals surface area contributed by atoms with Crippen molar-refractivity contribution in [2.24, 2.45) is 4.99 Å². The highest BCUT2D eigenvalue weighted by atomic mass is 35.5. The summed E-state index contributed by atoms with van der Waals surface area (Å²) in [6, 6.07) is 9.84. The van der Waals surface area contributed by atoms with E-state index in [1.807, 2.05) is 12.1 Å². The van der Waals surface area contributed by atoms with Gasteiger partial charge in [-0.3, -0.25) is 9.36 Å². The fourth-order valence-electron chi connectivity index (χ4n) is 4.44. The molecule has 212 valence electrons. The molecule has 0 fully saturated rings. The van der Waals surface area contributed by atoms with Crippen molar-refractivity contribution in [3.05, 3.63) is 88.5 Å². The largest absolute Gasteiger partial charge is 0.493 e. The number of unbranched alkanes of at least 4 members (excludes halogenated alkanes) is 2. The number of esters is 1. The summed E-state index contributed by atoms with van der Waals surface area (Å²) in [5.41, 5.74) is 1.88. The lowest BCUT2D eigenvalue weighted by molar-refractivity contribution is -0.143. The second kappa shape index (κ2) is 13.1. The molecule has 0 aliphatic carbocycles. The van der Waals surface area contributed by atoms with Gasteiger partial charge in [-0.25, -0.2) is 9.79 Å². The molecule has 2 heterocycles. The van der Waals surface area contributed by atoms with Crippen molar-refractivity contribution in [1.29, 1.82) is 0 Å². The van der Waals surface area contributed by atoms with E-state index in [0.29, 0.717) is 54.3 Å². The number of aromatic nitrogens is 1. The Morgan fingerprint density at radius 3 is 2.58 bits per heavy atom. The first-order chi connectivity index (χ1) is 19.1. The Bertz CT molecular complexity index is 1620. The van der Waals surface area contributed by atoms with Crippen molar-refractivity contribution in [2.75, 3.05) is 13.7 Å². The number of carbonyl (C=O) groups excluding carboxylic acids is 1. The molecule has 1 aliphatic heterocycles. The molecule has 1 aromatic heterocycles. The average molecular weight is 604 g/mol. The first-order valence-electron chi connectivity index (χ1n) is 13.1. The smallest absolute Gasteiger partial charge is 0.338 e. The van der Waals surface area contributed by atoms with Crippen molar-refractivity contribution < 1.29 is 19.0 Å². The number of carbonyl (C=O) groups is 1. The SMILES string of the molecule is CCCCCOc1ccc(C2C(C(=O)OC(C)C)=C(C)N=c3sc(=Cc4ccc(Cl)c(Cl)c4)c(=O)n32)cc1OC. The molecular weight excluding hydrogens is 571 g/mol. The molecule has 0 radical (unpaired) electrons. The first-order valence-corrected chi connectivity index (χ1v) is 14.7. The Hall–Kier alpha value is -3.07. The van der Waals surface area contributed by atoms with Gasteiger partial charge in [-0.1, -0.05) is 66.4 Å². The fraction of sp³-hybridized carbons (Fsp3) is 0.367. The van der Waals surface area contributed by atoms with Crippen LogP contribution in [0, 0.1) is 0 Å². The standard InChI is InChI=1S/C30H32Cl2N2O5S/c1-6-7-8-13-38-23-12-10-20(16-24(23)37-5)27-26(29(36)39-17(2)3)18(4)33-30-34(27)28(35)25(40-30)15-19-9-11-21(31)22(32)14-19/h9-12,14-17,27H,6-8,13H2,1-5H3. The van der Waals surface area contributed by atoms with Gasteiger partial charge < -0.3 is 14.2 Å². The predicted molar refractivity (Wildman–Crippen MR) is 159 cm³/mol. The second-order valence-corrected chi connectivity index (χ2v) is 11.5. The van der Waals surface area contributed by atoms with Gasteiger partial charge in [-0.2, -0.15) is 0 Å². The Morgan fingerprint density at radius 2 is 1.90 bits per heavy atom. The van der Waals surface area contributed by atoms with Gasteiger partial charge >= 0.3 is 5.97 Å². The molecule has 2 aromatic carbocycles. The molecule has 4 rings (SSSR count). The lowest BCUT2D eigenvalue weighted by Crippen LogP contribution is -2.40. The zero-order valence-electron chi connectivity index (χ0n) is 23.1. The maximum absolute atomic E-state index is 13.9. The van der Waals surface area contributed by atoms with Crippen LogP contribution in [0.5, 0.6) is 11.5 Å². The van der Waals surface area contributed by atoms with Crippen LogP contribution in [-0.4, -0.2) is 30.4 Å². The number of allylic oxidation sites excluding steroid dienone is 1. The van der Waals surface area contributed by atoms with Crippen LogP contribution in [0.15, 0.2) is 57.5 Å². The molecule has 0 amide bonds. The van der Waals surface area contributed by atoms with E-state index in [9.17, 15) is 9.59 Å². The van der Waals surface area contributed by atoms with Gasteiger partial charge in [0.25, 0.3) is 5.56 Å². The summed E-state index contributed by atoms with van der Waals surface area (Å²) in [4.78, 5) is 32.4. The Balaban J connectivity index is 1.87. The highest BCUT2D eigenvalue weighted by Crippen LogP contribution is 2.36. The van der Waals surface area contributed by atoms with Gasteiger partial charge in [-0.05, 0) is 68.7 Å². The zero-order chi connectivity index (χ0) is 29.0. The number of halogens is 2.